The second-order valence-electron chi connectivity index (χ2n) is 9.77. The van der Waals surface area contributed by atoms with Crippen LogP contribution in [0, 0.1) is 12.3 Å². The summed E-state index contributed by atoms with van der Waals surface area (Å²) in [5.41, 5.74) is 2.23. The van der Waals surface area contributed by atoms with E-state index < -0.39 is 23.6 Å². The Hall–Kier alpha value is -2.52. The SMILES string of the molecule is CSc1sc(C)cc1[C@H]1C(C(=O)Nc2cccc(C(F)(F)F)c2)=C(C)NC2=C1C(=O)CC(C)(C)C2. The van der Waals surface area contributed by atoms with E-state index in [1.807, 2.05) is 33.1 Å². The zero-order valence-corrected chi connectivity index (χ0v) is 21.8. The molecular weight excluding hydrogens is 493 g/mol. The zero-order valence-electron chi connectivity index (χ0n) is 20.1. The summed E-state index contributed by atoms with van der Waals surface area (Å²) in [5.74, 6) is -1.13. The average Bonchev–Trinajstić information content (AvgIpc) is 3.11. The number of ketones is 1. The molecule has 9 heteroatoms. The molecule has 4 nitrogen and oxygen atoms in total. The number of aryl methyl sites for hydroxylation is 1. The van der Waals surface area contributed by atoms with Gasteiger partial charge in [0.2, 0.25) is 0 Å². The smallest absolute Gasteiger partial charge is 0.362 e. The van der Waals surface area contributed by atoms with Crippen LogP contribution in [0.5, 0.6) is 0 Å². The van der Waals surface area contributed by atoms with Crippen molar-refractivity contribution in [2.24, 2.45) is 5.41 Å². The van der Waals surface area contributed by atoms with Crippen molar-refractivity contribution in [3.8, 4) is 0 Å². The number of rotatable bonds is 4. The first-order chi connectivity index (χ1) is 16.3. The van der Waals surface area contributed by atoms with Gasteiger partial charge in [-0.2, -0.15) is 13.2 Å². The number of carbonyl (C=O) groups excluding carboxylic acids is 2. The number of alkyl halides is 3. The van der Waals surface area contributed by atoms with Crippen molar-refractivity contribution in [3.05, 3.63) is 68.9 Å². The molecule has 1 atom stereocenters. The van der Waals surface area contributed by atoms with Gasteiger partial charge >= 0.3 is 6.18 Å². The lowest BCUT2D eigenvalue weighted by molar-refractivity contribution is -0.137. The van der Waals surface area contributed by atoms with Gasteiger partial charge in [-0.1, -0.05) is 19.9 Å². The van der Waals surface area contributed by atoms with Gasteiger partial charge in [-0.05, 0) is 61.8 Å². The first-order valence-corrected chi connectivity index (χ1v) is 13.2. The van der Waals surface area contributed by atoms with Crippen molar-refractivity contribution in [1.29, 1.82) is 0 Å². The van der Waals surface area contributed by atoms with Gasteiger partial charge in [-0.25, -0.2) is 0 Å². The van der Waals surface area contributed by atoms with E-state index in [4.69, 9.17) is 0 Å². The van der Waals surface area contributed by atoms with E-state index in [-0.39, 0.29) is 16.9 Å². The lowest BCUT2D eigenvalue weighted by atomic mass is 9.69. The largest absolute Gasteiger partial charge is 0.416 e. The zero-order chi connectivity index (χ0) is 25.7. The van der Waals surface area contributed by atoms with E-state index in [1.165, 1.54) is 12.1 Å². The third-order valence-corrected chi connectivity index (χ3v) is 8.49. The monoisotopic (exact) mass is 520 g/mol. The molecule has 0 saturated carbocycles. The molecule has 1 aliphatic carbocycles. The summed E-state index contributed by atoms with van der Waals surface area (Å²) < 4.78 is 40.6. The molecule has 0 unspecified atom stereocenters. The fraction of sp³-hybridized carbons (Fsp3) is 0.385. The molecule has 186 valence electrons. The highest BCUT2D eigenvalue weighted by Crippen LogP contribution is 2.50. The normalized spacial score (nSPS) is 20.0. The van der Waals surface area contributed by atoms with Gasteiger partial charge in [-0.15, -0.1) is 23.1 Å². The van der Waals surface area contributed by atoms with Crippen molar-refractivity contribution in [1.82, 2.24) is 5.32 Å². The lowest BCUT2D eigenvalue weighted by Crippen LogP contribution is -2.39. The number of amides is 1. The number of Topliss-reactive ketones (excluding diaryl/α,β-unsaturated/α-hetero) is 1. The first kappa shape index (κ1) is 25.6. The van der Waals surface area contributed by atoms with Gasteiger partial charge in [0.25, 0.3) is 5.91 Å². The predicted molar refractivity (Wildman–Crippen MR) is 135 cm³/mol. The van der Waals surface area contributed by atoms with Gasteiger partial charge in [0.1, 0.15) is 0 Å². The highest BCUT2D eigenvalue weighted by atomic mass is 32.2. The molecule has 0 bridgehead atoms. The van der Waals surface area contributed by atoms with E-state index in [9.17, 15) is 22.8 Å². The van der Waals surface area contributed by atoms with Crippen LogP contribution < -0.4 is 10.6 Å². The number of anilines is 1. The summed E-state index contributed by atoms with van der Waals surface area (Å²) in [4.78, 5) is 28.1. The maximum Gasteiger partial charge on any atom is 0.416 e. The Morgan fingerprint density at radius 2 is 1.91 bits per heavy atom. The maximum atomic E-state index is 13.6. The van der Waals surface area contributed by atoms with Crippen molar-refractivity contribution >= 4 is 40.5 Å². The molecule has 2 aromatic rings. The number of dihydropyridines is 1. The van der Waals surface area contributed by atoms with E-state index in [1.54, 1.807) is 30.0 Å². The Morgan fingerprint density at radius 1 is 1.20 bits per heavy atom. The number of thioether (sulfide) groups is 1. The third kappa shape index (κ3) is 5.07. The molecule has 1 amide bonds. The van der Waals surface area contributed by atoms with Gasteiger partial charge in [0.15, 0.2) is 5.78 Å². The number of nitrogens with one attached hydrogen (secondary N) is 2. The van der Waals surface area contributed by atoms with Crippen LogP contribution in [-0.4, -0.2) is 17.9 Å². The van der Waals surface area contributed by atoms with Gasteiger partial charge in [0, 0.05) is 45.4 Å². The minimum Gasteiger partial charge on any atom is -0.362 e. The van der Waals surface area contributed by atoms with Crippen LogP contribution in [0.2, 0.25) is 0 Å². The van der Waals surface area contributed by atoms with E-state index in [2.05, 4.69) is 10.6 Å². The van der Waals surface area contributed by atoms with Crippen molar-refractivity contribution < 1.29 is 22.8 Å². The Bertz CT molecular complexity index is 1270. The van der Waals surface area contributed by atoms with Crippen molar-refractivity contribution in [3.63, 3.8) is 0 Å². The second-order valence-corrected chi connectivity index (χ2v) is 12.1. The van der Waals surface area contributed by atoms with Crippen LogP contribution in [0.1, 0.15) is 55.5 Å². The highest BCUT2D eigenvalue weighted by Gasteiger charge is 2.43. The van der Waals surface area contributed by atoms with Gasteiger partial charge in [-0.3, -0.25) is 9.59 Å². The topological polar surface area (TPSA) is 58.2 Å². The summed E-state index contributed by atoms with van der Waals surface area (Å²) in [6.45, 7) is 7.85. The number of hydrogen-bond donors (Lipinski definition) is 2. The number of halogens is 3. The molecule has 1 aromatic carbocycles. The summed E-state index contributed by atoms with van der Waals surface area (Å²) >= 11 is 3.16. The molecular formula is C26H27F3N2O2S2. The molecule has 1 aliphatic heterocycles. The number of benzene rings is 1. The minimum atomic E-state index is -4.52. The molecule has 35 heavy (non-hydrogen) atoms. The van der Waals surface area contributed by atoms with E-state index in [0.717, 1.165) is 32.5 Å². The van der Waals surface area contributed by atoms with Crippen LogP contribution in [0.4, 0.5) is 18.9 Å². The van der Waals surface area contributed by atoms with Crippen LogP contribution in [-0.2, 0) is 15.8 Å². The lowest BCUT2D eigenvalue weighted by Gasteiger charge is -2.39. The Morgan fingerprint density at radius 3 is 2.57 bits per heavy atom. The molecule has 1 aromatic heterocycles. The number of carbonyl (C=O) groups is 2. The number of allylic oxidation sites excluding steroid dienone is 3. The Balaban J connectivity index is 1.81. The first-order valence-electron chi connectivity index (χ1n) is 11.2. The fourth-order valence-corrected chi connectivity index (χ4v) is 6.81. The average molecular weight is 521 g/mol. The molecule has 2 heterocycles. The maximum absolute atomic E-state index is 13.6. The summed E-state index contributed by atoms with van der Waals surface area (Å²) in [5, 5.41) is 5.95. The molecule has 0 radical (unpaired) electrons. The fourth-order valence-electron chi connectivity index (χ4n) is 4.89. The molecule has 0 spiro atoms. The Kier molecular flexibility index (Phi) is 6.70. The minimum absolute atomic E-state index is 0.0125. The standard InChI is InChI=1S/C26H27F3N2O2S2/c1-13-9-17(24(34-5)35-13)21-20(14(2)30-18-11-25(3,4)12-19(32)22(18)21)23(33)31-16-8-6-7-15(10-16)26(27,28)29/h6-10,21,30H,11-12H2,1-5H3,(H,31,33)/t21-/m0/s1. The van der Waals surface area contributed by atoms with Crippen LogP contribution in [0.3, 0.4) is 0 Å². The highest BCUT2D eigenvalue weighted by molar-refractivity contribution is 8.00. The number of hydrogen-bond acceptors (Lipinski definition) is 5. The van der Waals surface area contributed by atoms with Crippen molar-refractivity contribution in [2.45, 2.75) is 56.8 Å². The Labute approximate surface area is 211 Å². The summed E-state index contributed by atoms with van der Waals surface area (Å²) in [7, 11) is 0. The van der Waals surface area contributed by atoms with Crippen molar-refractivity contribution in [2.75, 3.05) is 11.6 Å². The predicted octanol–water partition coefficient (Wildman–Crippen LogP) is 7.04. The third-order valence-electron chi connectivity index (χ3n) is 6.28. The quantitative estimate of drug-likeness (QED) is 0.425. The van der Waals surface area contributed by atoms with Crippen LogP contribution in [0.25, 0.3) is 0 Å². The molecule has 2 aliphatic rings. The van der Waals surface area contributed by atoms with Crippen LogP contribution >= 0.6 is 23.1 Å². The number of thiophene rings is 1. The molecule has 4 rings (SSSR count). The molecule has 2 N–H and O–H groups in total. The van der Waals surface area contributed by atoms with Crippen LogP contribution in [0.15, 0.2) is 57.1 Å². The summed E-state index contributed by atoms with van der Waals surface area (Å²) in [6, 6.07) is 6.58. The van der Waals surface area contributed by atoms with Gasteiger partial charge < -0.3 is 10.6 Å². The summed E-state index contributed by atoms with van der Waals surface area (Å²) in [6.07, 6.45) is -1.53. The van der Waals surface area contributed by atoms with E-state index >= 15 is 0 Å². The van der Waals surface area contributed by atoms with E-state index in [0.29, 0.717) is 29.7 Å². The molecule has 0 fully saturated rings. The van der Waals surface area contributed by atoms with Gasteiger partial charge in [0.05, 0.1) is 9.77 Å². The molecule has 0 saturated heterocycles. The second kappa shape index (κ2) is 9.17.